The average Bonchev–Trinajstić information content (AvgIpc) is 3.20. The molecular weight excluding hydrogens is 364 g/mol. The molecule has 2 heterocycles. The number of amides is 1. The minimum absolute atomic E-state index is 0.0281. The molecule has 0 radical (unpaired) electrons. The molecule has 8 heteroatoms. The van der Waals surface area contributed by atoms with Crippen LogP contribution in [0.3, 0.4) is 0 Å². The molecule has 27 heavy (non-hydrogen) atoms. The Balaban J connectivity index is 2.19. The van der Waals surface area contributed by atoms with E-state index in [4.69, 9.17) is 4.74 Å². The summed E-state index contributed by atoms with van der Waals surface area (Å²) in [5.74, 6) is -1.11. The molecule has 0 saturated heterocycles. The Morgan fingerprint density at radius 2 is 2.15 bits per heavy atom. The quantitative estimate of drug-likeness (QED) is 0.445. The second kappa shape index (κ2) is 9.14. The number of aromatic nitrogens is 2. The number of nitrogens with one attached hydrogen (secondary N) is 1. The normalized spacial score (nSPS) is 11.1. The molecule has 0 unspecified atom stereocenters. The van der Waals surface area contributed by atoms with Crippen LogP contribution in [0.5, 0.6) is 0 Å². The fourth-order valence-electron chi connectivity index (χ4n) is 2.64. The van der Waals surface area contributed by atoms with Crippen molar-refractivity contribution in [2.45, 2.75) is 40.7 Å². The minimum Gasteiger partial charge on any atom is -0.461 e. The molecule has 2 rings (SSSR count). The Labute approximate surface area is 162 Å². The van der Waals surface area contributed by atoms with Crippen LogP contribution in [-0.2, 0) is 16.1 Å². The summed E-state index contributed by atoms with van der Waals surface area (Å²) in [5.41, 5.74) is 3.02. The van der Waals surface area contributed by atoms with Gasteiger partial charge in [-0.3, -0.25) is 10.1 Å². The van der Waals surface area contributed by atoms with E-state index in [0.29, 0.717) is 0 Å². The van der Waals surface area contributed by atoms with Gasteiger partial charge in [-0.25, -0.2) is 9.78 Å². The largest absolute Gasteiger partial charge is 0.461 e. The Morgan fingerprint density at radius 1 is 1.41 bits per heavy atom. The second-order valence-corrected chi connectivity index (χ2v) is 6.72. The molecule has 0 aliphatic heterocycles. The molecule has 1 N–H and O–H groups in total. The first kappa shape index (κ1) is 20.4. The van der Waals surface area contributed by atoms with Crippen molar-refractivity contribution in [3.8, 4) is 6.07 Å². The van der Waals surface area contributed by atoms with Crippen molar-refractivity contribution >= 4 is 34.4 Å². The van der Waals surface area contributed by atoms with E-state index < -0.39 is 11.9 Å². The van der Waals surface area contributed by atoms with Crippen molar-refractivity contribution in [2.75, 3.05) is 11.9 Å². The van der Waals surface area contributed by atoms with Gasteiger partial charge >= 0.3 is 5.97 Å². The number of anilines is 1. The van der Waals surface area contributed by atoms with Gasteiger partial charge in [0.25, 0.3) is 5.91 Å². The topological polar surface area (TPSA) is 97.0 Å². The van der Waals surface area contributed by atoms with Gasteiger partial charge in [-0.05, 0) is 44.9 Å². The summed E-state index contributed by atoms with van der Waals surface area (Å²) in [6.45, 7) is 8.90. The molecule has 0 aliphatic rings. The number of rotatable bonds is 7. The molecule has 1 amide bonds. The first-order valence-corrected chi connectivity index (χ1v) is 9.51. The molecule has 7 nitrogen and oxygen atoms in total. The van der Waals surface area contributed by atoms with Crippen LogP contribution in [0.15, 0.2) is 17.0 Å². The smallest absolute Gasteiger partial charge is 0.357 e. The van der Waals surface area contributed by atoms with Crippen molar-refractivity contribution < 1.29 is 14.3 Å². The van der Waals surface area contributed by atoms with Crippen LogP contribution in [-0.4, -0.2) is 28.0 Å². The van der Waals surface area contributed by atoms with Gasteiger partial charge in [-0.1, -0.05) is 6.92 Å². The van der Waals surface area contributed by atoms with Gasteiger partial charge in [0.2, 0.25) is 0 Å². The second-order valence-electron chi connectivity index (χ2n) is 5.86. The lowest BCUT2D eigenvalue weighted by Gasteiger charge is -2.07. The first-order chi connectivity index (χ1) is 12.9. The fraction of sp³-hybridized carbons (Fsp3) is 0.368. The number of hydrogen-bond acceptors (Lipinski definition) is 6. The molecule has 0 bridgehead atoms. The Morgan fingerprint density at radius 3 is 2.78 bits per heavy atom. The van der Waals surface area contributed by atoms with Crippen molar-refractivity contribution in [3.63, 3.8) is 0 Å². The number of carbonyl (C=O) groups excluding carboxylic acids is 2. The van der Waals surface area contributed by atoms with E-state index in [1.807, 2.05) is 26.0 Å². The summed E-state index contributed by atoms with van der Waals surface area (Å²) < 4.78 is 7.02. The summed E-state index contributed by atoms with van der Waals surface area (Å²) >= 11 is 1.10. The van der Waals surface area contributed by atoms with E-state index in [0.717, 1.165) is 41.3 Å². The average molecular weight is 386 g/mol. The third kappa shape index (κ3) is 4.83. The highest BCUT2D eigenvalue weighted by atomic mass is 32.1. The molecule has 0 aliphatic carbocycles. The lowest BCUT2D eigenvalue weighted by atomic mass is 10.1. The van der Waals surface area contributed by atoms with Crippen LogP contribution in [0, 0.1) is 25.2 Å². The van der Waals surface area contributed by atoms with E-state index in [1.54, 1.807) is 13.0 Å². The maximum absolute atomic E-state index is 12.4. The Bertz CT molecular complexity index is 918. The van der Waals surface area contributed by atoms with Crippen LogP contribution in [0.1, 0.15) is 47.7 Å². The van der Waals surface area contributed by atoms with E-state index in [-0.39, 0.29) is 23.0 Å². The summed E-state index contributed by atoms with van der Waals surface area (Å²) in [6, 6.07) is 3.89. The molecular formula is C19H22N4O3S. The van der Waals surface area contributed by atoms with Crippen LogP contribution in [0.2, 0.25) is 0 Å². The predicted octanol–water partition coefficient (Wildman–Crippen LogP) is 3.69. The summed E-state index contributed by atoms with van der Waals surface area (Å²) in [5, 5.41) is 13.7. The van der Waals surface area contributed by atoms with Crippen LogP contribution < -0.4 is 5.32 Å². The van der Waals surface area contributed by atoms with E-state index in [2.05, 4.69) is 21.8 Å². The van der Waals surface area contributed by atoms with Crippen molar-refractivity contribution in [1.82, 2.24) is 9.55 Å². The number of nitrogens with zero attached hydrogens (tertiary/aromatic N) is 3. The zero-order valence-electron chi connectivity index (χ0n) is 15.8. The number of aryl methyl sites for hydroxylation is 1. The van der Waals surface area contributed by atoms with Gasteiger partial charge < -0.3 is 9.30 Å². The molecule has 2 aromatic heterocycles. The fourth-order valence-corrected chi connectivity index (χ4v) is 3.31. The van der Waals surface area contributed by atoms with Gasteiger partial charge in [0, 0.05) is 23.3 Å². The van der Waals surface area contributed by atoms with Gasteiger partial charge in [0.1, 0.15) is 11.6 Å². The Hall–Kier alpha value is -2.92. The highest BCUT2D eigenvalue weighted by molar-refractivity contribution is 7.14. The van der Waals surface area contributed by atoms with E-state index in [1.165, 1.54) is 5.38 Å². The molecule has 0 atom stereocenters. The first-order valence-electron chi connectivity index (χ1n) is 8.63. The molecule has 0 spiro atoms. The van der Waals surface area contributed by atoms with Gasteiger partial charge in [0.15, 0.2) is 10.8 Å². The monoisotopic (exact) mass is 386 g/mol. The number of ether oxygens (including phenoxy) is 1. The van der Waals surface area contributed by atoms with Gasteiger partial charge in [-0.2, -0.15) is 5.26 Å². The van der Waals surface area contributed by atoms with Crippen molar-refractivity contribution in [2.24, 2.45) is 0 Å². The maximum atomic E-state index is 12.4. The standard InChI is InChI=1S/C19H22N4O3S/c1-5-7-23-12(3)8-14(13(23)4)9-15(10-20)17(24)22-19-21-16(11-27-19)18(25)26-6-2/h8-9,11H,5-7H2,1-4H3,(H,21,22,24)/b15-9-. The number of esters is 1. The van der Waals surface area contributed by atoms with E-state index >= 15 is 0 Å². The zero-order chi connectivity index (χ0) is 20.0. The van der Waals surface area contributed by atoms with Crippen molar-refractivity contribution in [1.29, 1.82) is 5.26 Å². The van der Waals surface area contributed by atoms with Crippen molar-refractivity contribution in [3.05, 3.63) is 39.7 Å². The summed E-state index contributed by atoms with van der Waals surface area (Å²) in [6.07, 6.45) is 2.57. The molecule has 2 aromatic rings. The third-order valence-corrected chi connectivity index (χ3v) is 4.69. The predicted molar refractivity (Wildman–Crippen MR) is 104 cm³/mol. The summed E-state index contributed by atoms with van der Waals surface area (Å²) in [7, 11) is 0. The third-order valence-electron chi connectivity index (χ3n) is 3.93. The minimum atomic E-state index is -0.567. The van der Waals surface area contributed by atoms with Gasteiger partial charge in [0.05, 0.1) is 6.61 Å². The van der Waals surface area contributed by atoms with Crippen LogP contribution in [0.25, 0.3) is 6.08 Å². The lowest BCUT2D eigenvalue weighted by molar-refractivity contribution is -0.112. The lowest BCUT2D eigenvalue weighted by Crippen LogP contribution is -2.14. The van der Waals surface area contributed by atoms with Gasteiger partial charge in [-0.15, -0.1) is 11.3 Å². The maximum Gasteiger partial charge on any atom is 0.357 e. The molecule has 0 saturated carbocycles. The highest BCUT2D eigenvalue weighted by Gasteiger charge is 2.16. The van der Waals surface area contributed by atoms with Crippen LogP contribution in [0.4, 0.5) is 5.13 Å². The summed E-state index contributed by atoms with van der Waals surface area (Å²) in [4.78, 5) is 28.1. The number of carbonyl (C=O) groups is 2. The highest BCUT2D eigenvalue weighted by Crippen LogP contribution is 2.20. The molecule has 142 valence electrons. The number of hydrogen-bond donors (Lipinski definition) is 1. The number of thiazole rings is 1. The Kier molecular flexibility index (Phi) is 6.91. The van der Waals surface area contributed by atoms with Crippen LogP contribution >= 0.6 is 11.3 Å². The SMILES string of the molecule is CCCn1c(C)cc(/C=C(/C#N)C(=O)Nc2nc(C(=O)OCC)cs2)c1C. The molecule has 0 aromatic carbocycles. The van der Waals surface area contributed by atoms with E-state index in [9.17, 15) is 14.9 Å². The number of nitriles is 1. The zero-order valence-corrected chi connectivity index (χ0v) is 16.6. The molecule has 0 fully saturated rings.